The van der Waals surface area contributed by atoms with Crippen molar-refractivity contribution in [2.24, 2.45) is 4.99 Å². The number of H-pyrrole nitrogens is 1. The quantitative estimate of drug-likeness (QED) is 0.648. The third-order valence-electron chi connectivity index (χ3n) is 5.54. The van der Waals surface area contributed by atoms with E-state index in [2.05, 4.69) is 39.4 Å². The molecule has 0 spiro atoms. The zero-order valence-electron chi connectivity index (χ0n) is 17.6. The molecule has 1 saturated heterocycles. The molecule has 8 heteroatoms. The van der Waals surface area contributed by atoms with Crippen LogP contribution >= 0.6 is 0 Å². The van der Waals surface area contributed by atoms with Crippen LogP contribution in [0.5, 0.6) is 5.88 Å². The first-order chi connectivity index (χ1) is 15.3. The smallest absolute Gasteiger partial charge is 0.225 e. The Morgan fingerprint density at radius 1 is 1.16 bits per heavy atom. The van der Waals surface area contributed by atoms with Gasteiger partial charge in [0.25, 0.3) is 0 Å². The Bertz CT molecular complexity index is 1140. The van der Waals surface area contributed by atoms with Gasteiger partial charge in [0, 0.05) is 50.2 Å². The van der Waals surface area contributed by atoms with Crippen molar-refractivity contribution in [1.82, 2.24) is 20.1 Å². The summed E-state index contributed by atoms with van der Waals surface area (Å²) in [5.41, 5.74) is 4.23. The van der Waals surface area contributed by atoms with Crippen molar-refractivity contribution in [2.45, 2.75) is 6.42 Å². The first kappa shape index (κ1) is 19.6. The average molecular weight is 419 g/mol. The number of ether oxygens (including phenoxy) is 2. The second kappa shape index (κ2) is 8.77. The molecule has 2 aromatic heterocycles. The molecule has 0 saturated carbocycles. The van der Waals surface area contributed by atoms with Gasteiger partial charge in [-0.1, -0.05) is 12.1 Å². The molecule has 8 nitrogen and oxygen atoms in total. The van der Waals surface area contributed by atoms with Crippen molar-refractivity contribution in [3.63, 3.8) is 0 Å². The number of pyridine rings is 1. The van der Waals surface area contributed by atoms with Crippen molar-refractivity contribution in [1.29, 1.82) is 0 Å². The number of benzene rings is 1. The molecule has 1 aromatic carbocycles. The van der Waals surface area contributed by atoms with Crippen molar-refractivity contribution >= 4 is 11.9 Å². The molecular weight excluding hydrogens is 392 g/mol. The molecule has 2 aliphatic heterocycles. The summed E-state index contributed by atoms with van der Waals surface area (Å²) in [6.07, 6.45) is 6.51. The van der Waals surface area contributed by atoms with Crippen LogP contribution in [0.1, 0.15) is 5.56 Å². The first-order valence-corrected chi connectivity index (χ1v) is 10.6. The van der Waals surface area contributed by atoms with Gasteiger partial charge in [-0.05, 0) is 23.8 Å². The molecule has 0 atom stereocenters. The number of nitrogens with one attached hydrogen (secondary N) is 1. The van der Waals surface area contributed by atoms with Crippen molar-refractivity contribution in [3.05, 3.63) is 58.9 Å². The van der Waals surface area contributed by atoms with Crippen LogP contribution in [0, 0.1) is 0 Å². The highest BCUT2D eigenvalue weighted by Gasteiger charge is 2.14. The van der Waals surface area contributed by atoms with Gasteiger partial charge < -0.3 is 19.3 Å². The molecule has 2 aliphatic rings. The summed E-state index contributed by atoms with van der Waals surface area (Å²) in [5.74, 6) is 0.614. The number of aromatic nitrogens is 3. The van der Waals surface area contributed by atoms with Gasteiger partial charge in [-0.3, -0.25) is 10.1 Å². The van der Waals surface area contributed by atoms with Crippen LogP contribution in [0.15, 0.2) is 47.7 Å². The van der Waals surface area contributed by atoms with Crippen LogP contribution in [-0.4, -0.2) is 66.7 Å². The van der Waals surface area contributed by atoms with E-state index >= 15 is 0 Å². The third-order valence-corrected chi connectivity index (χ3v) is 5.54. The van der Waals surface area contributed by atoms with E-state index in [0.29, 0.717) is 19.2 Å². The van der Waals surface area contributed by atoms with Gasteiger partial charge in [0.1, 0.15) is 6.67 Å². The molecule has 1 fully saturated rings. The fraction of sp³-hybridized carbons (Fsp3) is 0.348. The van der Waals surface area contributed by atoms with Gasteiger partial charge in [0.05, 0.1) is 42.3 Å². The predicted molar refractivity (Wildman–Crippen MR) is 118 cm³/mol. The molecule has 1 N–H and O–H groups in total. The maximum atomic E-state index is 6.11. The summed E-state index contributed by atoms with van der Waals surface area (Å²) in [6, 6.07) is 10.6. The Kier molecular flexibility index (Phi) is 5.54. The topological polar surface area (TPSA) is 78.9 Å². The lowest BCUT2D eigenvalue weighted by molar-refractivity contribution is 0.122. The van der Waals surface area contributed by atoms with Crippen LogP contribution < -0.4 is 20.2 Å². The van der Waals surface area contributed by atoms with Gasteiger partial charge in [-0.15, -0.1) is 0 Å². The van der Waals surface area contributed by atoms with Gasteiger partial charge in [-0.25, -0.2) is 4.98 Å². The monoisotopic (exact) mass is 418 g/mol. The normalized spacial score (nSPS) is 15.8. The Morgan fingerprint density at radius 2 is 2.00 bits per heavy atom. The fourth-order valence-corrected chi connectivity index (χ4v) is 3.82. The van der Waals surface area contributed by atoms with E-state index in [1.807, 2.05) is 36.6 Å². The molecule has 0 aliphatic carbocycles. The van der Waals surface area contributed by atoms with Crippen LogP contribution in [0.25, 0.3) is 17.5 Å². The molecule has 3 aromatic rings. The summed E-state index contributed by atoms with van der Waals surface area (Å²) in [7, 11) is 2.00. The average Bonchev–Trinajstić information content (AvgIpc) is 3.33. The minimum Gasteiger partial charge on any atom is -0.477 e. The minimum atomic E-state index is 0.524. The number of aromatic amines is 1. The van der Waals surface area contributed by atoms with E-state index in [9.17, 15) is 0 Å². The van der Waals surface area contributed by atoms with Crippen LogP contribution in [0.4, 0.5) is 5.69 Å². The third kappa shape index (κ3) is 4.39. The van der Waals surface area contributed by atoms with E-state index in [1.54, 1.807) is 0 Å². The molecule has 0 radical (unpaired) electrons. The highest BCUT2D eigenvalue weighted by atomic mass is 16.5. The number of hydrogen-bond donors (Lipinski definition) is 1. The molecule has 5 rings (SSSR count). The van der Waals surface area contributed by atoms with Crippen molar-refractivity contribution < 1.29 is 9.47 Å². The largest absolute Gasteiger partial charge is 0.477 e. The number of rotatable bonds is 6. The lowest BCUT2D eigenvalue weighted by Crippen LogP contribution is -2.36. The van der Waals surface area contributed by atoms with Gasteiger partial charge in [0.2, 0.25) is 5.88 Å². The molecule has 0 bridgehead atoms. The standard InChI is InChI=1S/C23H26N6O2/c1-28-15-20-22(24-16-28)12-21(27-23(20)31-9-6-17-13-25-26-14-17)18-2-4-19(5-3-18)29-7-10-30-11-8-29/h2-5,12-15H,6-11,16H2,1H3,(H,25,26). The van der Waals surface area contributed by atoms with E-state index in [-0.39, 0.29) is 0 Å². The Morgan fingerprint density at radius 3 is 2.77 bits per heavy atom. The number of hydrogen-bond acceptors (Lipinski definition) is 7. The van der Waals surface area contributed by atoms with Crippen LogP contribution in [0.2, 0.25) is 0 Å². The van der Waals surface area contributed by atoms with Crippen molar-refractivity contribution in [3.8, 4) is 17.1 Å². The zero-order valence-corrected chi connectivity index (χ0v) is 17.6. The van der Waals surface area contributed by atoms with Gasteiger partial charge in [0.15, 0.2) is 0 Å². The highest BCUT2D eigenvalue weighted by molar-refractivity contribution is 5.64. The van der Waals surface area contributed by atoms with E-state index in [1.165, 1.54) is 5.69 Å². The molecule has 160 valence electrons. The maximum Gasteiger partial charge on any atom is 0.225 e. The summed E-state index contributed by atoms with van der Waals surface area (Å²) in [6.45, 7) is 4.55. The Hall–Kier alpha value is -3.39. The molecular formula is C23H26N6O2. The second-order valence-electron chi connectivity index (χ2n) is 7.78. The van der Waals surface area contributed by atoms with Crippen LogP contribution in [0.3, 0.4) is 0 Å². The highest BCUT2D eigenvalue weighted by Crippen LogP contribution is 2.22. The van der Waals surface area contributed by atoms with Crippen molar-refractivity contribution in [2.75, 3.05) is 51.5 Å². The Balaban J connectivity index is 1.43. The summed E-state index contributed by atoms with van der Waals surface area (Å²) in [5, 5.41) is 8.66. The zero-order chi connectivity index (χ0) is 21.0. The van der Waals surface area contributed by atoms with E-state index in [4.69, 9.17) is 19.5 Å². The summed E-state index contributed by atoms with van der Waals surface area (Å²) < 4.78 is 11.6. The lowest BCUT2D eigenvalue weighted by Gasteiger charge is -2.28. The summed E-state index contributed by atoms with van der Waals surface area (Å²) in [4.78, 5) is 13.9. The van der Waals surface area contributed by atoms with Gasteiger partial charge in [-0.2, -0.15) is 5.10 Å². The van der Waals surface area contributed by atoms with Gasteiger partial charge >= 0.3 is 0 Å². The summed E-state index contributed by atoms with van der Waals surface area (Å²) >= 11 is 0. The van der Waals surface area contributed by atoms with E-state index in [0.717, 1.165) is 60.1 Å². The molecule has 0 amide bonds. The number of nitrogens with zero attached hydrogens (tertiary/aromatic N) is 5. The SMILES string of the molecule is CN1C=c2c(OCCc3cn[nH]c3)nc(-c3ccc(N4CCOCC4)cc3)cc2=NC1. The molecule has 0 unspecified atom stereocenters. The minimum absolute atomic E-state index is 0.524. The first-order valence-electron chi connectivity index (χ1n) is 10.6. The number of anilines is 1. The van der Waals surface area contributed by atoms with E-state index < -0.39 is 0 Å². The molecule has 31 heavy (non-hydrogen) atoms. The number of fused-ring (bicyclic) bond motifs is 1. The lowest BCUT2D eigenvalue weighted by atomic mass is 10.1. The number of morpholine rings is 1. The molecule has 4 heterocycles. The fourth-order valence-electron chi connectivity index (χ4n) is 3.82. The Labute approximate surface area is 180 Å². The maximum absolute atomic E-state index is 6.11. The second-order valence-corrected chi connectivity index (χ2v) is 7.78. The predicted octanol–water partition coefficient (Wildman–Crippen LogP) is 1.19. The van der Waals surface area contributed by atoms with Crippen LogP contribution in [-0.2, 0) is 11.2 Å².